The van der Waals surface area contributed by atoms with Gasteiger partial charge in [-0.15, -0.1) is 0 Å². The average Bonchev–Trinajstić information content (AvgIpc) is 3.22. The molecule has 0 atom stereocenters. The second-order valence-corrected chi connectivity index (χ2v) is 7.24. The summed E-state index contributed by atoms with van der Waals surface area (Å²) in [6.07, 6.45) is 1.79. The Morgan fingerprint density at radius 1 is 0.933 bits per heavy atom. The molecule has 0 aliphatic carbocycles. The quantitative estimate of drug-likeness (QED) is 0.446. The van der Waals surface area contributed by atoms with Gasteiger partial charge in [-0.2, -0.15) is 4.99 Å². The maximum absolute atomic E-state index is 12.9. The van der Waals surface area contributed by atoms with E-state index < -0.39 is 0 Å². The zero-order valence-corrected chi connectivity index (χ0v) is 16.9. The van der Waals surface area contributed by atoms with Crippen LogP contribution in [0, 0.1) is 0 Å². The van der Waals surface area contributed by atoms with E-state index in [9.17, 15) is 4.79 Å². The molecule has 1 fully saturated rings. The Morgan fingerprint density at radius 2 is 1.67 bits per heavy atom. The van der Waals surface area contributed by atoms with E-state index >= 15 is 0 Å². The molecule has 148 valence electrons. The maximum atomic E-state index is 12.9. The van der Waals surface area contributed by atoms with Crippen molar-refractivity contribution in [3.63, 3.8) is 0 Å². The second kappa shape index (κ2) is 7.19. The van der Waals surface area contributed by atoms with Gasteiger partial charge in [-0.1, -0.05) is 42.5 Å². The van der Waals surface area contributed by atoms with Gasteiger partial charge < -0.3 is 9.30 Å². The zero-order chi connectivity index (χ0) is 20.7. The maximum Gasteiger partial charge on any atom is 0.305 e. The molecule has 30 heavy (non-hydrogen) atoms. The highest BCUT2D eigenvalue weighted by Crippen LogP contribution is 2.30. The summed E-state index contributed by atoms with van der Waals surface area (Å²) >= 11 is 0. The SMILES string of the molecule is CCN1C(=O)C(=Cc2ccc3c(c2)c2ccccc2n3C)OC1=Nc1ccccc1. The number of carbonyl (C=O) groups is 1. The van der Waals surface area contributed by atoms with Gasteiger partial charge >= 0.3 is 6.02 Å². The van der Waals surface area contributed by atoms with Crippen molar-refractivity contribution < 1.29 is 9.53 Å². The van der Waals surface area contributed by atoms with Crippen molar-refractivity contribution in [1.82, 2.24) is 9.47 Å². The Hall–Kier alpha value is -3.86. The lowest BCUT2D eigenvalue weighted by atomic mass is 10.1. The molecule has 5 rings (SSSR count). The van der Waals surface area contributed by atoms with E-state index in [1.165, 1.54) is 10.9 Å². The number of amidine groups is 1. The van der Waals surface area contributed by atoms with Crippen molar-refractivity contribution in [2.75, 3.05) is 6.54 Å². The normalized spacial score (nSPS) is 16.9. The van der Waals surface area contributed by atoms with Gasteiger partial charge in [0.25, 0.3) is 5.91 Å². The molecular formula is C25H21N3O2. The minimum atomic E-state index is -0.176. The van der Waals surface area contributed by atoms with E-state index in [1.807, 2.05) is 55.5 Å². The van der Waals surface area contributed by atoms with Crippen LogP contribution < -0.4 is 0 Å². The van der Waals surface area contributed by atoms with Gasteiger partial charge in [-0.05, 0) is 48.9 Å². The monoisotopic (exact) mass is 395 g/mol. The van der Waals surface area contributed by atoms with Crippen LogP contribution in [-0.4, -0.2) is 27.9 Å². The molecule has 1 aliphatic rings. The van der Waals surface area contributed by atoms with E-state index in [4.69, 9.17) is 4.74 Å². The highest BCUT2D eigenvalue weighted by molar-refractivity contribution is 6.12. The Kier molecular flexibility index (Phi) is 4.36. The molecule has 5 heteroatoms. The number of ether oxygens (including phenoxy) is 1. The second-order valence-electron chi connectivity index (χ2n) is 7.24. The molecule has 1 aliphatic heterocycles. The van der Waals surface area contributed by atoms with Crippen LogP contribution in [0.5, 0.6) is 0 Å². The van der Waals surface area contributed by atoms with Crippen LogP contribution in [-0.2, 0) is 16.6 Å². The average molecular weight is 395 g/mol. The molecular weight excluding hydrogens is 374 g/mol. The molecule has 0 bridgehead atoms. The Balaban J connectivity index is 1.56. The fourth-order valence-corrected chi connectivity index (χ4v) is 3.91. The number of amides is 1. The molecule has 1 saturated heterocycles. The van der Waals surface area contributed by atoms with E-state index in [2.05, 4.69) is 40.9 Å². The van der Waals surface area contributed by atoms with Crippen molar-refractivity contribution >= 4 is 45.5 Å². The van der Waals surface area contributed by atoms with Gasteiger partial charge in [0.05, 0.1) is 5.69 Å². The molecule has 0 saturated carbocycles. The van der Waals surface area contributed by atoms with Crippen molar-refractivity contribution in [2.45, 2.75) is 6.92 Å². The van der Waals surface area contributed by atoms with Gasteiger partial charge in [-0.25, -0.2) is 0 Å². The topological polar surface area (TPSA) is 46.8 Å². The number of aryl methyl sites for hydroxylation is 1. The number of aliphatic imine (C=N–C) groups is 1. The minimum absolute atomic E-state index is 0.176. The minimum Gasteiger partial charge on any atom is -0.419 e. The summed E-state index contributed by atoms with van der Waals surface area (Å²) in [5, 5.41) is 2.34. The summed E-state index contributed by atoms with van der Waals surface area (Å²) < 4.78 is 8.05. The summed E-state index contributed by atoms with van der Waals surface area (Å²) in [6.45, 7) is 2.40. The smallest absolute Gasteiger partial charge is 0.305 e. The van der Waals surface area contributed by atoms with Crippen LogP contribution >= 0.6 is 0 Å². The van der Waals surface area contributed by atoms with E-state index in [1.54, 1.807) is 11.0 Å². The first-order chi connectivity index (χ1) is 14.7. The fraction of sp³-hybridized carbons (Fsp3) is 0.120. The Bertz CT molecular complexity index is 1330. The molecule has 1 amide bonds. The fourth-order valence-electron chi connectivity index (χ4n) is 3.91. The van der Waals surface area contributed by atoms with Gasteiger partial charge in [0, 0.05) is 35.4 Å². The molecule has 4 aromatic rings. The molecule has 0 radical (unpaired) electrons. The first-order valence-electron chi connectivity index (χ1n) is 9.98. The van der Waals surface area contributed by atoms with Crippen LogP contribution in [0.4, 0.5) is 5.69 Å². The van der Waals surface area contributed by atoms with Crippen molar-refractivity contribution in [1.29, 1.82) is 0 Å². The van der Waals surface area contributed by atoms with E-state index in [0.717, 1.165) is 22.2 Å². The van der Waals surface area contributed by atoms with Crippen LogP contribution in [0.15, 0.2) is 83.5 Å². The van der Waals surface area contributed by atoms with Gasteiger partial charge in [-0.3, -0.25) is 9.69 Å². The first kappa shape index (κ1) is 18.2. The number of aromatic nitrogens is 1. The molecule has 0 spiro atoms. The van der Waals surface area contributed by atoms with Crippen molar-refractivity contribution in [3.05, 3.63) is 84.1 Å². The van der Waals surface area contributed by atoms with Gasteiger partial charge in [0.1, 0.15) is 0 Å². The lowest BCUT2D eigenvalue weighted by molar-refractivity contribution is -0.122. The van der Waals surface area contributed by atoms with Crippen LogP contribution in [0.2, 0.25) is 0 Å². The van der Waals surface area contributed by atoms with Gasteiger partial charge in [0.15, 0.2) is 5.76 Å². The number of rotatable bonds is 3. The Morgan fingerprint density at radius 3 is 2.47 bits per heavy atom. The number of carbonyl (C=O) groups excluding carboxylic acids is 1. The van der Waals surface area contributed by atoms with E-state index in [0.29, 0.717) is 12.6 Å². The molecule has 0 N–H and O–H groups in total. The number of para-hydroxylation sites is 2. The van der Waals surface area contributed by atoms with Crippen molar-refractivity contribution in [3.8, 4) is 0 Å². The number of fused-ring (bicyclic) bond motifs is 3. The van der Waals surface area contributed by atoms with Crippen LogP contribution in [0.1, 0.15) is 12.5 Å². The third kappa shape index (κ3) is 2.95. The first-order valence-corrected chi connectivity index (χ1v) is 9.98. The largest absolute Gasteiger partial charge is 0.419 e. The lowest BCUT2D eigenvalue weighted by Gasteiger charge is -2.09. The van der Waals surface area contributed by atoms with Crippen molar-refractivity contribution in [2.24, 2.45) is 12.0 Å². The standard InChI is InChI=1S/C25H21N3O2/c1-3-28-24(29)23(30-25(28)26-18-9-5-4-6-10-18)16-17-13-14-22-20(15-17)19-11-7-8-12-21(19)27(22)2/h4-16H,3H2,1-2H3. The zero-order valence-electron chi connectivity index (χ0n) is 16.9. The number of hydrogen-bond donors (Lipinski definition) is 0. The number of nitrogens with zero attached hydrogens (tertiary/aromatic N) is 3. The molecule has 5 nitrogen and oxygen atoms in total. The summed E-state index contributed by atoms with van der Waals surface area (Å²) in [6, 6.07) is 24.3. The van der Waals surface area contributed by atoms with Crippen LogP contribution in [0.25, 0.3) is 27.9 Å². The highest BCUT2D eigenvalue weighted by atomic mass is 16.5. The van der Waals surface area contributed by atoms with Gasteiger partial charge in [0.2, 0.25) is 0 Å². The third-order valence-corrected chi connectivity index (χ3v) is 5.42. The molecule has 1 aromatic heterocycles. The highest BCUT2D eigenvalue weighted by Gasteiger charge is 2.33. The molecule has 0 unspecified atom stereocenters. The third-order valence-electron chi connectivity index (χ3n) is 5.42. The van der Waals surface area contributed by atoms with E-state index in [-0.39, 0.29) is 11.7 Å². The molecule has 2 heterocycles. The molecule has 3 aromatic carbocycles. The summed E-state index contributed by atoms with van der Waals surface area (Å²) in [5.41, 5.74) is 4.00. The predicted octanol–water partition coefficient (Wildman–Crippen LogP) is 5.24. The summed E-state index contributed by atoms with van der Waals surface area (Å²) in [7, 11) is 2.07. The number of hydrogen-bond acceptors (Lipinski definition) is 3. The number of likely N-dealkylation sites (N-methyl/N-ethyl adjacent to an activating group) is 1. The lowest BCUT2D eigenvalue weighted by Crippen LogP contribution is -2.29. The summed E-state index contributed by atoms with van der Waals surface area (Å²) in [4.78, 5) is 18.9. The predicted molar refractivity (Wildman–Crippen MR) is 120 cm³/mol. The number of benzene rings is 3. The Labute approximate surface area is 174 Å². The van der Waals surface area contributed by atoms with Crippen LogP contribution in [0.3, 0.4) is 0 Å². The summed E-state index contributed by atoms with van der Waals surface area (Å²) in [5.74, 6) is 0.108.